The molecule has 0 bridgehead atoms. The Morgan fingerprint density at radius 2 is 1.75 bits per heavy atom. The maximum absolute atomic E-state index is 10.2. The van der Waals surface area contributed by atoms with Gasteiger partial charge in [-0.2, -0.15) is 0 Å². The average molecular weight is 344 g/mol. The van der Waals surface area contributed by atoms with Crippen LogP contribution in [-0.4, -0.2) is 18.4 Å². The minimum atomic E-state index is -0.556. The first kappa shape index (κ1) is 17.3. The average Bonchev–Trinajstić information content (AvgIpc) is 2.44. The number of rotatable bonds is 2. The van der Waals surface area contributed by atoms with Gasteiger partial charge in [-0.1, -0.05) is 30.3 Å². The summed E-state index contributed by atoms with van der Waals surface area (Å²) < 4.78 is 0. The Morgan fingerprint density at radius 3 is 2.30 bits per heavy atom. The van der Waals surface area contributed by atoms with Crippen LogP contribution in [0.25, 0.3) is 11.1 Å². The SMILES string of the molecule is CN=Cc1cc(C)cc(-c2ccccc2)c1O.[Cl][Ti][Cl]. The van der Waals surface area contributed by atoms with Crippen molar-refractivity contribution in [3.8, 4) is 16.9 Å². The van der Waals surface area contributed by atoms with Crippen LogP contribution < -0.4 is 0 Å². The summed E-state index contributed by atoms with van der Waals surface area (Å²) >= 11 is -0.556. The number of benzene rings is 2. The van der Waals surface area contributed by atoms with Crippen LogP contribution in [0.1, 0.15) is 11.1 Å². The van der Waals surface area contributed by atoms with Crippen molar-refractivity contribution in [3.05, 3.63) is 53.6 Å². The van der Waals surface area contributed by atoms with E-state index < -0.39 is 17.0 Å². The molecule has 5 heteroatoms. The first-order valence-electron chi connectivity index (χ1n) is 5.91. The van der Waals surface area contributed by atoms with Crippen LogP contribution >= 0.6 is 18.6 Å². The molecule has 0 fully saturated rings. The van der Waals surface area contributed by atoms with Crippen LogP contribution in [0.5, 0.6) is 5.75 Å². The number of aliphatic imine (C=N–C) groups is 1. The molecule has 104 valence electrons. The first-order valence-corrected chi connectivity index (χ1v) is 10.2. The molecule has 0 saturated carbocycles. The third kappa shape index (κ3) is 4.95. The Bertz CT molecular complexity index is 574. The van der Waals surface area contributed by atoms with Crippen LogP contribution in [0.15, 0.2) is 47.5 Å². The zero-order valence-corrected chi connectivity index (χ0v) is 14.3. The Morgan fingerprint density at radius 1 is 1.15 bits per heavy atom. The van der Waals surface area contributed by atoms with Gasteiger partial charge in [-0.15, -0.1) is 0 Å². The van der Waals surface area contributed by atoms with Crippen LogP contribution in [0.3, 0.4) is 0 Å². The summed E-state index contributed by atoms with van der Waals surface area (Å²) in [5.74, 6) is 0.285. The quantitative estimate of drug-likeness (QED) is 0.617. The number of phenolic OH excluding ortho intramolecular Hbond substituents is 1. The monoisotopic (exact) mass is 343 g/mol. The second kappa shape index (κ2) is 9.20. The molecule has 0 aliphatic rings. The number of aryl methyl sites for hydroxylation is 1. The molecule has 0 aliphatic carbocycles. The fraction of sp³-hybridized carbons (Fsp3) is 0.133. The van der Waals surface area contributed by atoms with E-state index in [1.54, 1.807) is 13.3 Å². The summed E-state index contributed by atoms with van der Waals surface area (Å²) in [5, 5.41) is 10.2. The van der Waals surface area contributed by atoms with E-state index in [1.807, 2.05) is 49.4 Å². The molecule has 0 saturated heterocycles. The van der Waals surface area contributed by atoms with E-state index in [0.29, 0.717) is 0 Å². The van der Waals surface area contributed by atoms with Crippen molar-refractivity contribution in [1.82, 2.24) is 0 Å². The molecule has 0 atom stereocenters. The van der Waals surface area contributed by atoms with E-state index in [0.717, 1.165) is 22.3 Å². The molecular formula is C15H15Cl2NOTi. The van der Waals surface area contributed by atoms with Gasteiger partial charge >= 0.3 is 35.6 Å². The zero-order valence-electron chi connectivity index (χ0n) is 11.3. The van der Waals surface area contributed by atoms with Gasteiger partial charge in [-0.05, 0) is 30.2 Å². The van der Waals surface area contributed by atoms with Crippen LogP contribution in [-0.2, 0) is 17.0 Å². The molecule has 0 heterocycles. The minimum absolute atomic E-state index is 0.285. The van der Waals surface area contributed by atoms with E-state index >= 15 is 0 Å². The van der Waals surface area contributed by atoms with Crippen LogP contribution in [0.2, 0.25) is 0 Å². The molecule has 0 aromatic heterocycles. The van der Waals surface area contributed by atoms with Crippen molar-refractivity contribution >= 4 is 24.8 Å². The number of nitrogens with zero attached hydrogens (tertiary/aromatic N) is 1. The molecule has 2 rings (SSSR count). The predicted octanol–water partition coefficient (Wildman–Crippen LogP) is 4.79. The van der Waals surface area contributed by atoms with Gasteiger partial charge in [0.05, 0.1) is 0 Å². The van der Waals surface area contributed by atoms with Crippen molar-refractivity contribution in [2.45, 2.75) is 6.92 Å². The Balaban J connectivity index is 0.000000612. The third-order valence-electron chi connectivity index (χ3n) is 2.64. The number of halogens is 2. The molecule has 2 aromatic rings. The molecule has 2 nitrogen and oxygen atoms in total. The number of hydrogen-bond donors (Lipinski definition) is 1. The predicted molar refractivity (Wildman–Crippen MR) is 83.5 cm³/mol. The van der Waals surface area contributed by atoms with Crippen molar-refractivity contribution in [1.29, 1.82) is 0 Å². The van der Waals surface area contributed by atoms with Crippen LogP contribution in [0.4, 0.5) is 0 Å². The summed E-state index contributed by atoms with van der Waals surface area (Å²) in [6, 6.07) is 13.8. The van der Waals surface area contributed by atoms with E-state index in [1.165, 1.54) is 0 Å². The van der Waals surface area contributed by atoms with Gasteiger partial charge in [0, 0.05) is 24.4 Å². The summed E-state index contributed by atoms with van der Waals surface area (Å²) in [6.45, 7) is 2.01. The van der Waals surface area contributed by atoms with Gasteiger partial charge in [-0.3, -0.25) is 4.99 Å². The summed E-state index contributed by atoms with van der Waals surface area (Å²) in [6.07, 6.45) is 1.68. The number of hydrogen-bond acceptors (Lipinski definition) is 2. The first-order chi connectivity index (χ1) is 9.63. The molecule has 2 aromatic carbocycles. The van der Waals surface area contributed by atoms with Crippen molar-refractivity contribution in [2.75, 3.05) is 7.05 Å². The summed E-state index contributed by atoms with van der Waals surface area (Å²) in [4.78, 5) is 3.96. The second-order valence-electron chi connectivity index (χ2n) is 4.08. The topological polar surface area (TPSA) is 32.6 Å². The second-order valence-corrected chi connectivity index (χ2v) is 6.65. The molecule has 1 N–H and O–H groups in total. The molecule has 20 heavy (non-hydrogen) atoms. The van der Waals surface area contributed by atoms with E-state index in [-0.39, 0.29) is 5.75 Å². The van der Waals surface area contributed by atoms with Gasteiger partial charge in [-0.25, -0.2) is 0 Å². The van der Waals surface area contributed by atoms with E-state index in [9.17, 15) is 5.11 Å². The number of phenols is 1. The molecule has 0 amide bonds. The maximum atomic E-state index is 10.2. The fourth-order valence-corrected chi connectivity index (χ4v) is 1.88. The summed E-state index contributed by atoms with van der Waals surface area (Å²) in [7, 11) is 11.5. The van der Waals surface area contributed by atoms with Gasteiger partial charge in [0.15, 0.2) is 0 Å². The fourth-order valence-electron chi connectivity index (χ4n) is 1.88. The van der Waals surface area contributed by atoms with Gasteiger partial charge in [0.25, 0.3) is 0 Å². The van der Waals surface area contributed by atoms with Crippen molar-refractivity contribution in [3.63, 3.8) is 0 Å². The van der Waals surface area contributed by atoms with E-state index in [4.69, 9.17) is 18.6 Å². The standard InChI is InChI=1S/C15H15NO.2ClH.Ti/c1-11-8-13(10-16-2)15(17)14(9-11)12-6-4-3-5-7-12;;;/h3-10,17H,1-2H3;2*1H;/q;;;+2/p-2. The van der Waals surface area contributed by atoms with Crippen LogP contribution in [0, 0.1) is 6.92 Å². The van der Waals surface area contributed by atoms with Gasteiger partial charge in [0.1, 0.15) is 5.75 Å². The Kier molecular flexibility index (Phi) is 7.94. The molecule has 0 spiro atoms. The van der Waals surface area contributed by atoms with E-state index in [2.05, 4.69) is 4.99 Å². The molecular weight excluding hydrogens is 329 g/mol. The normalized spacial score (nSPS) is 10.0. The third-order valence-corrected chi connectivity index (χ3v) is 2.64. The molecule has 0 radical (unpaired) electrons. The molecule has 0 aliphatic heterocycles. The van der Waals surface area contributed by atoms with Gasteiger partial charge in [0.2, 0.25) is 0 Å². The Labute approximate surface area is 136 Å². The van der Waals surface area contributed by atoms with Crippen molar-refractivity contribution < 1.29 is 22.1 Å². The number of aromatic hydroxyl groups is 1. The van der Waals surface area contributed by atoms with Crippen molar-refractivity contribution in [2.24, 2.45) is 4.99 Å². The van der Waals surface area contributed by atoms with Gasteiger partial charge < -0.3 is 5.11 Å². The molecule has 0 unspecified atom stereocenters. The Hall–Kier alpha value is -0.796. The summed E-state index contributed by atoms with van der Waals surface area (Å²) in [5.41, 5.74) is 3.72. The zero-order chi connectivity index (χ0) is 15.0.